The molecule has 0 aliphatic rings. The van der Waals surface area contributed by atoms with Crippen LogP contribution in [-0.2, 0) is 6.54 Å². The second-order valence-corrected chi connectivity index (χ2v) is 5.88. The smallest absolute Gasteiger partial charge is 0.219 e. The number of benzene rings is 1. The fraction of sp³-hybridized carbons (Fsp3) is 0.389. The molecule has 2 aromatic rings. The van der Waals surface area contributed by atoms with E-state index in [1.165, 1.54) is 16.7 Å². The molecular weight excluding hydrogens is 260 g/mol. The number of pyridine rings is 1. The lowest BCUT2D eigenvalue weighted by Crippen LogP contribution is -2.18. The molecule has 0 bridgehead atoms. The zero-order valence-electron chi connectivity index (χ0n) is 13.3. The Bertz CT molecular complexity index is 576. The molecule has 1 aromatic carbocycles. The average molecular weight is 284 g/mol. The summed E-state index contributed by atoms with van der Waals surface area (Å²) in [5.74, 6) is 2.12. The lowest BCUT2D eigenvalue weighted by Gasteiger charge is -2.09. The van der Waals surface area contributed by atoms with Crippen LogP contribution in [0.4, 0.5) is 0 Å². The number of aryl methyl sites for hydroxylation is 2. The maximum Gasteiger partial charge on any atom is 0.219 e. The number of nitrogens with zero attached hydrogens (tertiary/aromatic N) is 1. The lowest BCUT2D eigenvalue weighted by atomic mass is 10.1. The first-order valence-corrected chi connectivity index (χ1v) is 7.45. The van der Waals surface area contributed by atoms with E-state index in [9.17, 15) is 0 Å². The Morgan fingerprint density at radius 1 is 1.10 bits per heavy atom. The third-order valence-corrected chi connectivity index (χ3v) is 3.38. The minimum Gasteiger partial charge on any atom is -0.439 e. The summed E-state index contributed by atoms with van der Waals surface area (Å²) in [6.45, 7) is 10.4. The van der Waals surface area contributed by atoms with Gasteiger partial charge in [0, 0.05) is 18.8 Å². The molecule has 0 spiro atoms. The second-order valence-electron chi connectivity index (χ2n) is 5.88. The highest BCUT2D eigenvalue weighted by Crippen LogP contribution is 2.22. The first-order valence-electron chi connectivity index (χ1n) is 7.45. The van der Waals surface area contributed by atoms with Crippen molar-refractivity contribution in [2.45, 2.75) is 34.2 Å². The molecule has 0 saturated carbocycles. The van der Waals surface area contributed by atoms with Crippen LogP contribution in [0.1, 0.15) is 30.5 Å². The summed E-state index contributed by atoms with van der Waals surface area (Å²) in [6.07, 6.45) is 1.86. The van der Waals surface area contributed by atoms with Gasteiger partial charge in [0.15, 0.2) is 0 Å². The number of nitrogens with one attached hydrogen (secondary N) is 1. The highest BCUT2D eigenvalue weighted by atomic mass is 16.5. The molecule has 1 N–H and O–H groups in total. The number of ether oxygens (including phenoxy) is 1. The molecule has 2 rings (SSSR count). The summed E-state index contributed by atoms with van der Waals surface area (Å²) in [4.78, 5) is 4.36. The Hall–Kier alpha value is -1.87. The molecule has 1 heterocycles. The van der Waals surface area contributed by atoms with Crippen LogP contribution >= 0.6 is 0 Å². The van der Waals surface area contributed by atoms with Crippen LogP contribution < -0.4 is 10.1 Å². The normalized spacial score (nSPS) is 10.9. The molecule has 3 heteroatoms. The third-order valence-electron chi connectivity index (χ3n) is 3.38. The van der Waals surface area contributed by atoms with E-state index >= 15 is 0 Å². The zero-order chi connectivity index (χ0) is 15.2. The van der Waals surface area contributed by atoms with Crippen molar-refractivity contribution in [1.82, 2.24) is 10.3 Å². The van der Waals surface area contributed by atoms with Gasteiger partial charge < -0.3 is 10.1 Å². The number of hydrogen-bond acceptors (Lipinski definition) is 3. The molecule has 112 valence electrons. The van der Waals surface area contributed by atoms with Gasteiger partial charge >= 0.3 is 0 Å². The molecule has 0 fully saturated rings. The number of aromatic nitrogens is 1. The number of hydrogen-bond donors (Lipinski definition) is 1. The fourth-order valence-electron chi connectivity index (χ4n) is 1.98. The van der Waals surface area contributed by atoms with Crippen molar-refractivity contribution in [2.75, 3.05) is 6.54 Å². The van der Waals surface area contributed by atoms with Gasteiger partial charge in [-0.25, -0.2) is 4.98 Å². The van der Waals surface area contributed by atoms with Gasteiger partial charge in [-0.05, 0) is 55.1 Å². The van der Waals surface area contributed by atoms with E-state index in [2.05, 4.69) is 50.1 Å². The van der Waals surface area contributed by atoms with Gasteiger partial charge in [-0.2, -0.15) is 0 Å². The van der Waals surface area contributed by atoms with Gasteiger partial charge in [-0.3, -0.25) is 0 Å². The van der Waals surface area contributed by atoms with E-state index < -0.39 is 0 Å². The summed E-state index contributed by atoms with van der Waals surface area (Å²) in [6, 6.07) is 10.0. The van der Waals surface area contributed by atoms with E-state index in [1.54, 1.807) is 0 Å². The maximum atomic E-state index is 5.78. The van der Waals surface area contributed by atoms with Crippen LogP contribution in [-0.4, -0.2) is 11.5 Å². The van der Waals surface area contributed by atoms with Crippen molar-refractivity contribution in [3.63, 3.8) is 0 Å². The van der Waals surface area contributed by atoms with Gasteiger partial charge in [0.1, 0.15) is 5.75 Å². The summed E-state index contributed by atoms with van der Waals surface area (Å²) >= 11 is 0. The van der Waals surface area contributed by atoms with Crippen LogP contribution in [0.25, 0.3) is 0 Å². The van der Waals surface area contributed by atoms with Crippen molar-refractivity contribution in [2.24, 2.45) is 5.92 Å². The maximum absolute atomic E-state index is 5.78. The minimum absolute atomic E-state index is 0.630. The fourth-order valence-corrected chi connectivity index (χ4v) is 1.98. The highest BCUT2D eigenvalue weighted by molar-refractivity contribution is 5.36. The highest BCUT2D eigenvalue weighted by Gasteiger charge is 2.02. The zero-order valence-corrected chi connectivity index (χ0v) is 13.3. The van der Waals surface area contributed by atoms with Crippen molar-refractivity contribution in [3.05, 3.63) is 53.2 Å². The van der Waals surface area contributed by atoms with E-state index in [4.69, 9.17) is 4.74 Å². The van der Waals surface area contributed by atoms with Gasteiger partial charge in [0.2, 0.25) is 5.88 Å². The van der Waals surface area contributed by atoms with Gasteiger partial charge in [-0.1, -0.05) is 26.0 Å². The Morgan fingerprint density at radius 2 is 1.90 bits per heavy atom. The van der Waals surface area contributed by atoms with Crippen molar-refractivity contribution in [3.8, 4) is 11.6 Å². The molecule has 0 saturated heterocycles. The average Bonchev–Trinajstić information content (AvgIpc) is 2.44. The van der Waals surface area contributed by atoms with Gasteiger partial charge in [0.05, 0.1) is 0 Å². The summed E-state index contributed by atoms with van der Waals surface area (Å²) in [7, 11) is 0. The van der Waals surface area contributed by atoms with Crippen molar-refractivity contribution >= 4 is 0 Å². The van der Waals surface area contributed by atoms with E-state index in [0.29, 0.717) is 11.8 Å². The molecule has 0 aliphatic carbocycles. The first-order chi connectivity index (χ1) is 10.0. The monoisotopic (exact) mass is 284 g/mol. The van der Waals surface area contributed by atoms with Crippen LogP contribution in [0.15, 0.2) is 36.5 Å². The van der Waals surface area contributed by atoms with Crippen molar-refractivity contribution in [1.29, 1.82) is 0 Å². The topological polar surface area (TPSA) is 34.1 Å². The summed E-state index contributed by atoms with van der Waals surface area (Å²) in [5, 5.41) is 3.40. The van der Waals surface area contributed by atoms with Crippen LogP contribution in [0, 0.1) is 19.8 Å². The van der Waals surface area contributed by atoms with Crippen molar-refractivity contribution < 1.29 is 4.74 Å². The van der Waals surface area contributed by atoms with Gasteiger partial charge in [-0.15, -0.1) is 0 Å². The van der Waals surface area contributed by atoms with E-state index in [1.807, 2.05) is 24.4 Å². The molecule has 0 aliphatic heterocycles. The van der Waals surface area contributed by atoms with Crippen LogP contribution in [0.2, 0.25) is 0 Å². The predicted octanol–water partition coefficient (Wildman–Crippen LogP) is 4.24. The quantitative estimate of drug-likeness (QED) is 0.861. The molecule has 21 heavy (non-hydrogen) atoms. The van der Waals surface area contributed by atoms with E-state index in [-0.39, 0.29) is 0 Å². The first kappa shape index (κ1) is 15.5. The standard InChI is InChI=1S/C18H24N2O/c1-13(2)10-19-11-16-6-8-18(20-12-16)21-17-7-5-14(3)15(4)9-17/h5-9,12-13,19H,10-11H2,1-4H3. The number of rotatable bonds is 6. The Labute approximate surface area is 127 Å². The molecule has 3 nitrogen and oxygen atoms in total. The summed E-state index contributed by atoms with van der Waals surface area (Å²) in [5.41, 5.74) is 3.66. The molecule has 0 amide bonds. The molecule has 0 unspecified atom stereocenters. The van der Waals surface area contributed by atoms with Gasteiger partial charge in [0.25, 0.3) is 0 Å². The SMILES string of the molecule is Cc1ccc(Oc2ccc(CNCC(C)C)cn2)cc1C. The Balaban J connectivity index is 1.94. The third kappa shape index (κ3) is 4.87. The minimum atomic E-state index is 0.630. The Morgan fingerprint density at radius 3 is 2.52 bits per heavy atom. The molecule has 0 atom stereocenters. The Kier molecular flexibility index (Phi) is 5.34. The molecular formula is C18H24N2O. The van der Waals surface area contributed by atoms with Crippen LogP contribution in [0.3, 0.4) is 0 Å². The molecule has 1 aromatic heterocycles. The van der Waals surface area contributed by atoms with Crippen LogP contribution in [0.5, 0.6) is 11.6 Å². The lowest BCUT2D eigenvalue weighted by molar-refractivity contribution is 0.461. The molecule has 0 radical (unpaired) electrons. The predicted molar refractivity (Wildman–Crippen MR) is 86.8 cm³/mol. The second kappa shape index (κ2) is 7.23. The summed E-state index contributed by atoms with van der Waals surface area (Å²) < 4.78 is 5.78. The largest absolute Gasteiger partial charge is 0.439 e. The van der Waals surface area contributed by atoms with E-state index in [0.717, 1.165) is 18.8 Å².